The number of ketones is 1. The van der Waals surface area contributed by atoms with E-state index in [0.29, 0.717) is 13.0 Å². The van der Waals surface area contributed by atoms with Gasteiger partial charge in [-0.1, -0.05) is 86.6 Å². The number of hydrogen-bond donors (Lipinski definition) is 1. The van der Waals surface area contributed by atoms with Crippen LogP contribution in [-0.2, 0) is 11.4 Å². The van der Waals surface area contributed by atoms with Crippen molar-refractivity contribution in [2.75, 3.05) is 5.32 Å². The van der Waals surface area contributed by atoms with E-state index >= 15 is 0 Å². The molecule has 3 heteroatoms. The van der Waals surface area contributed by atoms with Crippen LogP contribution in [0.1, 0.15) is 49.3 Å². The fraction of sp³-hybridized carbons (Fsp3) is 0.219. The second kappa shape index (κ2) is 8.42. The second-order valence-corrected chi connectivity index (χ2v) is 10.5. The van der Waals surface area contributed by atoms with Crippen LogP contribution >= 0.6 is 0 Å². The average Bonchev–Trinajstić information content (AvgIpc) is 2.86. The molecule has 0 fully saturated rings. The summed E-state index contributed by atoms with van der Waals surface area (Å²) >= 11 is 0. The molecule has 1 atom stereocenters. The lowest BCUT2D eigenvalue weighted by Crippen LogP contribution is -2.33. The van der Waals surface area contributed by atoms with Crippen molar-refractivity contribution in [2.45, 2.75) is 39.2 Å². The first-order valence-corrected chi connectivity index (χ1v) is 12.3. The summed E-state index contributed by atoms with van der Waals surface area (Å²) < 4.78 is 6.04. The summed E-state index contributed by atoms with van der Waals surface area (Å²) in [6.45, 7) is 4.89. The van der Waals surface area contributed by atoms with Gasteiger partial charge in [-0.15, -0.1) is 0 Å². The van der Waals surface area contributed by atoms with Crippen LogP contribution in [-0.4, -0.2) is 5.78 Å². The van der Waals surface area contributed by atoms with E-state index in [1.54, 1.807) is 0 Å². The number of hydrogen-bond acceptors (Lipinski definition) is 3. The first-order valence-electron chi connectivity index (χ1n) is 12.3. The molecule has 4 aromatic rings. The molecule has 1 heterocycles. The second-order valence-electron chi connectivity index (χ2n) is 10.5. The number of anilines is 1. The SMILES string of the molecule is CC1(C)CC(=O)C2=C(C1)Nc1ccc3ccccc3c1[C@@H]2c1ccc(OCc2ccccc2)cc1. The smallest absolute Gasteiger partial charge is 0.162 e. The maximum Gasteiger partial charge on any atom is 0.162 e. The minimum Gasteiger partial charge on any atom is -0.489 e. The zero-order valence-electron chi connectivity index (χ0n) is 20.2. The van der Waals surface area contributed by atoms with Gasteiger partial charge in [-0.2, -0.15) is 0 Å². The molecule has 0 spiro atoms. The van der Waals surface area contributed by atoms with Crippen molar-refractivity contribution in [1.29, 1.82) is 0 Å². The Bertz CT molecular complexity index is 1450. The van der Waals surface area contributed by atoms with Crippen LogP contribution in [0, 0.1) is 5.41 Å². The molecule has 4 aromatic carbocycles. The molecular formula is C32H29NO2. The first kappa shape index (κ1) is 21.7. The maximum absolute atomic E-state index is 13.6. The van der Waals surface area contributed by atoms with Gasteiger partial charge in [-0.3, -0.25) is 4.79 Å². The molecule has 1 N–H and O–H groups in total. The third-order valence-electron chi connectivity index (χ3n) is 7.22. The van der Waals surface area contributed by atoms with Crippen molar-refractivity contribution >= 4 is 22.2 Å². The average molecular weight is 460 g/mol. The fourth-order valence-corrected chi connectivity index (χ4v) is 5.63. The lowest BCUT2D eigenvalue weighted by atomic mass is 9.68. The number of Topliss-reactive ketones (excluding diaryl/α,β-unsaturated/α-hetero) is 1. The molecule has 3 nitrogen and oxygen atoms in total. The Balaban J connectivity index is 1.43. The van der Waals surface area contributed by atoms with Gasteiger partial charge in [0.05, 0.1) is 0 Å². The third-order valence-corrected chi connectivity index (χ3v) is 7.22. The van der Waals surface area contributed by atoms with Crippen LogP contribution in [0.3, 0.4) is 0 Å². The minimum absolute atomic E-state index is 0.0447. The lowest BCUT2D eigenvalue weighted by molar-refractivity contribution is -0.118. The molecule has 35 heavy (non-hydrogen) atoms. The van der Waals surface area contributed by atoms with E-state index in [2.05, 4.69) is 79.8 Å². The monoisotopic (exact) mass is 459 g/mol. The molecular weight excluding hydrogens is 430 g/mol. The number of ether oxygens (including phenoxy) is 1. The highest BCUT2D eigenvalue weighted by Crippen LogP contribution is 2.50. The normalized spacial score (nSPS) is 18.6. The van der Waals surface area contributed by atoms with Crippen LogP contribution in [0.4, 0.5) is 5.69 Å². The van der Waals surface area contributed by atoms with E-state index in [1.807, 2.05) is 30.3 Å². The zero-order valence-corrected chi connectivity index (χ0v) is 20.2. The maximum atomic E-state index is 13.6. The van der Waals surface area contributed by atoms with Crippen LogP contribution in [0.15, 0.2) is 102 Å². The van der Waals surface area contributed by atoms with Crippen molar-refractivity contribution in [1.82, 2.24) is 0 Å². The van der Waals surface area contributed by atoms with Gasteiger partial charge in [0.25, 0.3) is 0 Å². The summed E-state index contributed by atoms with van der Waals surface area (Å²) in [6, 6.07) is 31.3. The van der Waals surface area contributed by atoms with Gasteiger partial charge in [0, 0.05) is 29.3 Å². The standard InChI is InChI=1S/C32H29NO2/c1-32(2)18-27-31(28(34)19-32)29(30-25-11-7-6-10-22(25)14-17-26(30)33-27)23-12-15-24(16-13-23)35-20-21-8-4-3-5-9-21/h3-17,29,33H,18-20H2,1-2H3/t29-/m0/s1. The van der Waals surface area contributed by atoms with E-state index in [0.717, 1.165) is 40.3 Å². The number of fused-ring (bicyclic) bond motifs is 3. The van der Waals surface area contributed by atoms with Gasteiger partial charge >= 0.3 is 0 Å². The Labute approximate surface area is 206 Å². The molecule has 0 saturated carbocycles. The van der Waals surface area contributed by atoms with E-state index in [4.69, 9.17) is 4.74 Å². The molecule has 1 aliphatic heterocycles. The molecule has 0 radical (unpaired) electrons. The Morgan fingerprint density at radius 2 is 1.60 bits per heavy atom. The molecule has 6 rings (SSSR count). The molecule has 0 bridgehead atoms. The number of carbonyl (C=O) groups is 1. The fourth-order valence-electron chi connectivity index (χ4n) is 5.63. The number of rotatable bonds is 4. The van der Waals surface area contributed by atoms with E-state index in [9.17, 15) is 4.79 Å². The lowest BCUT2D eigenvalue weighted by Gasteiger charge is -2.40. The van der Waals surface area contributed by atoms with Crippen molar-refractivity contribution in [3.8, 4) is 5.75 Å². The minimum atomic E-state index is -0.0980. The molecule has 0 unspecified atom stereocenters. The van der Waals surface area contributed by atoms with E-state index in [1.165, 1.54) is 16.3 Å². The van der Waals surface area contributed by atoms with E-state index in [-0.39, 0.29) is 17.1 Å². The predicted molar refractivity (Wildman–Crippen MR) is 142 cm³/mol. The first-order chi connectivity index (χ1) is 17.0. The Morgan fingerprint density at radius 1 is 0.857 bits per heavy atom. The summed E-state index contributed by atoms with van der Waals surface area (Å²) in [4.78, 5) is 13.6. The number of benzene rings is 4. The summed E-state index contributed by atoms with van der Waals surface area (Å²) in [5.41, 5.74) is 6.50. The highest BCUT2D eigenvalue weighted by atomic mass is 16.5. The van der Waals surface area contributed by atoms with Gasteiger partial charge in [0.2, 0.25) is 0 Å². The van der Waals surface area contributed by atoms with Crippen molar-refractivity contribution in [3.05, 3.63) is 119 Å². The van der Waals surface area contributed by atoms with Crippen LogP contribution in [0.5, 0.6) is 5.75 Å². The van der Waals surface area contributed by atoms with Gasteiger partial charge in [0.15, 0.2) is 5.78 Å². The largest absolute Gasteiger partial charge is 0.489 e. The van der Waals surface area contributed by atoms with Crippen LogP contribution < -0.4 is 10.1 Å². The number of carbonyl (C=O) groups excluding carboxylic acids is 1. The predicted octanol–water partition coefficient (Wildman–Crippen LogP) is 7.62. The van der Waals surface area contributed by atoms with Gasteiger partial charge in [-0.05, 0) is 57.5 Å². The van der Waals surface area contributed by atoms with Gasteiger partial charge < -0.3 is 10.1 Å². The molecule has 0 saturated heterocycles. The van der Waals surface area contributed by atoms with Crippen LogP contribution in [0.2, 0.25) is 0 Å². The third kappa shape index (κ3) is 4.01. The topological polar surface area (TPSA) is 38.3 Å². The van der Waals surface area contributed by atoms with Gasteiger partial charge in [0.1, 0.15) is 12.4 Å². The summed E-state index contributed by atoms with van der Waals surface area (Å²) in [7, 11) is 0. The molecule has 2 aliphatic rings. The Morgan fingerprint density at radius 3 is 2.40 bits per heavy atom. The van der Waals surface area contributed by atoms with Crippen LogP contribution in [0.25, 0.3) is 10.8 Å². The van der Waals surface area contributed by atoms with Crippen molar-refractivity contribution < 1.29 is 9.53 Å². The molecule has 1 aliphatic carbocycles. The molecule has 0 aromatic heterocycles. The number of allylic oxidation sites excluding steroid dienone is 2. The molecule has 0 amide bonds. The van der Waals surface area contributed by atoms with E-state index < -0.39 is 0 Å². The Hall–Kier alpha value is -3.85. The summed E-state index contributed by atoms with van der Waals surface area (Å²) in [5.74, 6) is 0.978. The highest BCUT2D eigenvalue weighted by molar-refractivity contribution is 6.04. The summed E-state index contributed by atoms with van der Waals surface area (Å²) in [5, 5.41) is 6.04. The quantitative estimate of drug-likeness (QED) is 0.341. The molecule has 174 valence electrons. The van der Waals surface area contributed by atoms with Crippen molar-refractivity contribution in [3.63, 3.8) is 0 Å². The van der Waals surface area contributed by atoms with Gasteiger partial charge in [-0.25, -0.2) is 0 Å². The summed E-state index contributed by atoms with van der Waals surface area (Å²) in [6.07, 6.45) is 1.44. The Kier molecular flexibility index (Phi) is 5.21. The highest BCUT2D eigenvalue weighted by Gasteiger charge is 2.41. The zero-order chi connectivity index (χ0) is 24.0. The number of nitrogens with one attached hydrogen (secondary N) is 1. The van der Waals surface area contributed by atoms with Crippen molar-refractivity contribution in [2.24, 2.45) is 5.41 Å².